The van der Waals surface area contributed by atoms with Crippen LogP contribution in [0.15, 0.2) is 32.8 Å². The normalized spacial score (nSPS) is 24.2. The van der Waals surface area contributed by atoms with Crippen LogP contribution in [0.4, 0.5) is 10.1 Å². The molecule has 0 saturated heterocycles. The number of benzene rings is 1. The fourth-order valence-electron chi connectivity index (χ4n) is 5.98. The first-order valence-electron chi connectivity index (χ1n) is 12.7. The van der Waals surface area contributed by atoms with Crippen molar-refractivity contribution >= 4 is 11.7 Å². The number of fused-ring (bicyclic) bond motifs is 2. The van der Waals surface area contributed by atoms with E-state index in [1.165, 1.54) is 42.4 Å². The van der Waals surface area contributed by atoms with E-state index >= 15 is 0 Å². The van der Waals surface area contributed by atoms with Gasteiger partial charge in [0, 0.05) is 19.2 Å². The summed E-state index contributed by atoms with van der Waals surface area (Å²) >= 11 is 0. The number of hydrogen-bond acceptors (Lipinski definition) is 5. The van der Waals surface area contributed by atoms with Gasteiger partial charge < -0.3 is 9.84 Å². The van der Waals surface area contributed by atoms with Crippen LogP contribution in [0.5, 0.6) is 5.75 Å². The largest absolute Gasteiger partial charge is 0.488 e. The lowest BCUT2D eigenvalue weighted by Gasteiger charge is -2.45. The van der Waals surface area contributed by atoms with E-state index in [0.29, 0.717) is 18.4 Å². The molecule has 3 atom stereocenters. The molecule has 4 rings (SSSR count). The van der Waals surface area contributed by atoms with Crippen molar-refractivity contribution in [1.29, 1.82) is 0 Å². The average molecular weight is 503 g/mol. The van der Waals surface area contributed by atoms with Crippen molar-refractivity contribution in [1.82, 2.24) is 14.1 Å². The van der Waals surface area contributed by atoms with Gasteiger partial charge in [0.05, 0.1) is 18.2 Å². The molecule has 1 heterocycles. The molecule has 9 nitrogen and oxygen atoms in total. The number of aromatic amines is 1. The maximum absolute atomic E-state index is 14.6. The minimum atomic E-state index is -1.10. The van der Waals surface area contributed by atoms with Crippen LogP contribution in [0.1, 0.15) is 65.7 Å². The van der Waals surface area contributed by atoms with Gasteiger partial charge in [-0.3, -0.25) is 14.3 Å². The summed E-state index contributed by atoms with van der Waals surface area (Å²) in [5, 5.41) is 9.07. The van der Waals surface area contributed by atoms with Gasteiger partial charge in [-0.2, -0.15) is 0 Å². The zero-order valence-electron chi connectivity index (χ0n) is 21.1. The lowest BCUT2D eigenvalue weighted by Crippen LogP contribution is -2.52. The molecule has 2 aliphatic rings. The highest BCUT2D eigenvalue weighted by Gasteiger charge is 2.39. The molecule has 0 aliphatic heterocycles. The summed E-state index contributed by atoms with van der Waals surface area (Å²) in [5.41, 5.74) is -1.30. The predicted molar refractivity (Wildman–Crippen MR) is 132 cm³/mol. The van der Waals surface area contributed by atoms with Crippen LogP contribution < -0.4 is 21.7 Å². The molecule has 0 amide bonds. The van der Waals surface area contributed by atoms with E-state index in [-0.39, 0.29) is 41.5 Å². The van der Waals surface area contributed by atoms with Crippen LogP contribution >= 0.6 is 0 Å². The Bertz CT molecular complexity index is 1300. The Morgan fingerprint density at radius 3 is 2.56 bits per heavy atom. The molecule has 0 radical (unpaired) electrons. The molecular formula is C26H35FN4O5. The Kier molecular flexibility index (Phi) is 7.51. The van der Waals surface area contributed by atoms with E-state index in [9.17, 15) is 18.8 Å². The average Bonchev–Trinajstić information content (AvgIpc) is 2.77. The van der Waals surface area contributed by atoms with Gasteiger partial charge in [0.1, 0.15) is 0 Å². The Hall–Kier alpha value is -3.17. The Labute approximate surface area is 208 Å². The minimum absolute atomic E-state index is 0.0189. The third-order valence-electron chi connectivity index (χ3n) is 7.24. The molecule has 2 N–H and O–H groups in total. The highest BCUT2D eigenvalue weighted by molar-refractivity contribution is 5.66. The molecular weight excluding hydrogens is 467 g/mol. The van der Waals surface area contributed by atoms with Gasteiger partial charge >= 0.3 is 17.3 Å². The molecule has 2 saturated carbocycles. The number of hydrogen-bond donors (Lipinski definition) is 2. The number of H-pyrrole nitrogens is 1. The van der Waals surface area contributed by atoms with Crippen molar-refractivity contribution in [3.8, 4) is 5.75 Å². The van der Waals surface area contributed by atoms with Crippen molar-refractivity contribution in [3.05, 3.63) is 50.6 Å². The van der Waals surface area contributed by atoms with E-state index in [4.69, 9.17) is 9.84 Å². The SMILES string of the molecule is CC(C)Oc1ccc(/N=c2\[nH]c(=O)n(CCC(=O)O)c(=O)n2C[C@@]2(C)C[C@@H]3CCC[C@@H](C3)C2)cc1F. The summed E-state index contributed by atoms with van der Waals surface area (Å²) in [6.45, 7) is 5.84. The van der Waals surface area contributed by atoms with E-state index in [1.807, 2.05) is 0 Å². The topological polar surface area (TPSA) is 119 Å². The zero-order valence-corrected chi connectivity index (χ0v) is 21.1. The molecule has 196 valence electrons. The lowest BCUT2D eigenvalue weighted by molar-refractivity contribution is -0.137. The van der Waals surface area contributed by atoms with Crippen molar-refractivity contribution in [2.75, 3.05) is 0 Å². The quantitative estimate of drug-likeness (QED) is 0.572. The second-order valence-electron chi connectivity index (χ2n) is 10.9. The van der Waals surface area contributed by atoms with E-state index in [0.717, 1.165) is 17.4 Å². The van der Waals surface area contributed by atoms with E-state index in [1.54, 1.807) is 19.9 Å². The minimum Gasteiger partial charge on any atom is -0.488 e. The highest BCUT2D eigenvalue weighted by atomic mass is 19.1. The van der Waals surface area contributed by atoms with E-state index < -0.39 is 23.2 Å². The number of nitrogens with zero attached hydrogens (tertiary/aromatic N) is 3. The first-order chi connectivity index (χ1) is 17.0. The molecule has 1 aromatic heterocycles. The summed E-state index contributed by atoms with van der Waals surface area (Å²) in [6.07, 6.45) is 6.22. The number of carbonyl (C=O) groups is 1. The smallest absolute Gasteiger partial charge is 0.335 e. The molecule has 36 heavy (non-hydrogen) atoms. The molecule has 2 aromatic rings. The summed E-state index contributed by atoms with van der Waals surface area (Å²) < 4.78 is 22.4. The third kappa shape index (κ3) is 5.96. The Balaban J connectivity index is 1.78. The molecule has 2 fully saturated rings. The van der Waals surface area contributed by atoms with Crippen LogP contribution in [-0.4, -0.2) is 31.3 Å². The number of aliphatic carboxylic acids is 1. The van der Waals surface area contributed by atoms with Gasteiger partial charge in [-0.15, -0.1) is 0 Å². The summed E-state index contributed by atoms with van der Waals surface area (Å²) in [6, 6.07) is 4.23. The van der Waals surface area contributed by atoms with Crippen LogP contribution in [0.25, 0.3) is 0 Å². The van der Waals surface area contributed by atoms with Gasteiger partial charge in [0.2, 0.25) is 5.62 Å². The first-order valence-corrected chi connectivity index (χ1v) is 12.7. The van der Waals surface area contributed by atoms with Gasteiger partial charge in [0.15, 0.2) is 11.6 Å². The third-order valence-corrected chi connectivity index (χ3v) is 7.24. The molecule has 10 heteroatoms. The number of carboxylic acid groups (broad SMARTS) is 1. The van der Waals surface area contributed by atoms with Crippen molar-refractivity contribution < 1.29 is 19.0 Å². The number of rotatable bonds is 8. The van der Waals surface area contributed by atoms with Crippen molar-refractivity contribution in [2.24, 2.45) is 22.2 Å². The number of carboxylic acids is 1. The summed E-state index contributed by atoms with van der Waals surface area (Å²) in [5.74, 6) is -0.379. The predicted octanol–water partition coefficient (Wildman–Crippen LogP) is 3.58. The number of aromatic nitrogens is 3. The van der Waals surface area contributed by atoms with Gasteiger partial charge in [-0.25, -0.2) is 23.5 Å². The summed E-state index contributed by atoms with van der Waals surface area (Å²) in [7, 11) is 0. The van der Waals surface area contributed by atoms with Gasteiger partial charge in [0.25, 0.3) is 0 Å². The monoisotopic (exact) mass is 502 g/mol. The lowest BCUT2D eigenvalue weighted by atomic mass is 9.61. The number of ether oxygens (including phenoxy) is 1. The number of halogens is 1. The zero-order chi connectivity index (χ0) is 26.0. The van der Waals surface area contributed by atoms with Crippen LogP contribution in [-0.2, 0) is 17.9 Å². The molecule has 2 aliphatic carbocycles. The second-order valence-corrected chi connectivity index (χ2v) is 10.9. The van der Waals surface area contributed by atoms with E-state index in [2.05, 4.69) is 16.9 Å². The maximum Gasteiger partial charge on any atom is 0.335 e. The van der Waals surface area contributed by atoms with Crippen molar-refractivity contribution in [2.45, 2.75) is 84.9 Å². The van der Waals surface area contributed by atoms with Crippen LogP contribution in [0, 0.1) is 23.1 Å². The Morgan fingerprint density at radius 2 is 1.94 bits per heavy atom. The Morgan fingerprint density at radius 1 is 1.25 bits per heavy atom. The number of nitrogens with one attached hydrogen (secondary N) is 1. The molecule has 1 aromatic carbocycles. The first kappa shape index (κ1) is 25.9. The van der Waals surface area contributed by atoms with Gasteiger partial charge in [-0.1, -0.05) is 26.2 Å². The summed E-state index contributed by atoms with van der Waals surface area (Å²) in [4.78, 5) is 44.4. The second kappa shape index (κ2) is 10.4. The fourth-order valence-corrected chi connectivity index (χ4v) is 5.98. The van der Waals surface area contributed by atoms with Crippen LogP contribution in [0.3, 0.4) is 0 Å². The van der Waals surface area contributed by atoms with Crippen LogP contribution in [0.2, 0.25) is 0 Å². The standard InChI is InChI=1S/C26H35FN4O5/c1-16(2)36-21-8-7-19(12-20(21)27)28-23-29-24(34)30(10-9-22(32)33)25(35)31(23)15-26(3)13-17-5-4-6-18(11-17)14-26/h7-8,12,16-18H,4-6,9-11,13-15H2,1-3H3,(H,32,33)(H,28,29,34)/t17-,18+,26+. The highest BCUT2D eigenvalue weighted by Crippen LogP contribution is 2.49. The molecule has 0 spiro atoms. The molecule has 0 unspecified atom stereocenters. The van der Waals surface area contributed by atoms with Gasteiger partial charge in [-0.05, 0) is 62.5 Å². The maximum atomic E-state index is 14.6. The van der Waals surface area contributed by atoms with Crippen molar-refractivity contribution in [3.63, 3.8) is 0 Å². The molecule has 2 bridgehead atoms. The fraction of sp³-hybridized carbons (Fsp3) is 0.615.